The molecule has 2 aliphatic heterocycles. The van der Waals surface area contributed by atoms with Gasteiger partial charge in [-0.15, -0.1) is 0 Å². The molecule has 2 aliphatic rings. The van der Waals surface area contributed by atoms with Crippen molar-refractivity contribution in [3.63, 3.8) is 0 Å². The van der Waals surface area contributed by atoms with E-state index in [9.17, 15) is 9.59 Å². The van der Waals surface area contributed by atoms with Crippen LogP contribution in [-0.2, 0) is 0 Å². The van der Waals surface area contributed by atoms with E-state index in [4.69, 9.17) is 0 Å². The van der Waals surface area contributed by atoms with Crippen LogP contribution >= 0.6 is 23.5 Å². The summed E-state index contributed by atoms with van der Waals surface area (Å²) in [6.07, 6.45) is 11.4. The lowest BCUT2D eigenvalue weighted by Crippen LogP contribution is -2.22. The molecular weight excluding hydrogens is 629 g/mol. The Balaban J connectivity index is 1.21. The molecule has 4 aromatic carbocycles. The van der Waals surface area contributed by atoms with Crippen LogP contribution in [0.2, 0.25) is 0 Å². The standard InChI is InChI=1S/C42H40N2O2S2/c1-3-5-7-11-23-43-35-19-15-31(25-39(35)47-41-27-33(29-45)17-21-37(41)43)13-9-10-14-32-16-20-36-40(26-32)48-42-28-34(30-46)18-22-38(42)44(36)24-12-8-6-4-2/h15-22,25-30H,3-8,11-12,23-24H2,1-2H3. The maximum atomic E-state index is 11.5. The van der Waals surface area contributed by atoms with Gasteiger partial charge in [-0.2, -0.15) is 0 Å². The average molecular weight is 669 g/mol. The number of carbonyl (C=O) groups excluding carboxylic acids is 2. The number of hydrogen-bond acceptors (Lipinski definition) is 6. The molecule has 242 valence electrons. The zero-order valence-corrected chi connectivity index (χ0v) is 29.3. The van der Waals surface area contributed by atoms with Crippen molar-refractivity contribution in [3.8, 4) is 23.7 Å². The van der Waals surface area contributed by atoms with Crippen LogP contribution in [0.1, 0.15) is 97.1 Å². The van der Waals surface area contributed by atoms with Crippen LogP contribution in [0.3, 0.4) is 0 Å². The van der Waals surface area contributed by atoms with Crippen LogP contribution in [0.25, 0.3) is 0 Å². The molecule has 0 amide bonds. The smallest absolute Gasteiger partial charge is 0.150 e. The summed E-state index contributed by atoms with van der Waals surface area (Å²) in [7, 11) is 0. The van der Waals surface area contributed by atoms with Gasteiger partial charge in [0.25, 0.3) is 0 Å². The minimum absolute atomic E-state index is 0.692. The van der Waals surface area contributed by atoms with E-state index in [1.54, 1.807) is 23.5 Å². The molecular formula is C42H40N2O2S2. The van der Waals surface area contributed by atoms with Crippen molar-refractivity contribution in [2.45, 2.75) is 84.8 Å². The first kappa shape index (κ1) is 33.5. The van der Waals surface area contributed by atoms with Gasteiger partial charge in [0.15, 0.2) is 0 Å². The first-order valence-electron chi connectivity index (χ1n) is 17.0. The molecule has 0 spiro atoms. The molecule has 0 fully saturated rings. The Morgan fingerprint density at radius 3 is 1.31 bits per heavy atom. The summed E-state index contributed by atoms with van der Waals surface area (Å²) < 4.78 is 0. The summed E-state index contributed by atoms with van der Waals surface area (Å²) in [5.41, 5.74) is 7.91. The normalized spacial score (nSPS) is 12.4. The molecule has 0 radical (unpaired) electrons. The Labute approximate surface area is 293 Å². The highest BCUT2D eigenvalue weighted by atomic mass is 32.2. The molecule has 48 heavy (non-hydrogen) atoms. The maximum absolute atomic E-state index is 11.5. The Morgan fingerprint density at radius 1 is 0.521 bits per heavy atom. The fraction of sp³-hybridized carbons (Fsp3) is 0.286. The monoisotopic (exact) mass is 668 g/mol. The molecule has 4 nitrogen and oxygen atoms in total. The van der Waals surface area contributed by atoms with Crippen LogP contribution < -0.4 is 9.80 Å². The molecule has 0 atom stereocenters. The van der Waals surface area contributed by atoms with Crippen LogP contribution in [0.4, 0.5) is 22.7 Å². The van der Waals surface area contributed by atoms with Gasteiger partial charge in [-0.1, -0.05) is 87.7 Å². The maximum Gasteiger partial charge on any atom is 0.150 e. The predicted octanol–water partition coefficient (Wildman–Crippen LogP) is 11.1. The third kappa shape index (κ3) is 7.68. The zero-order valence-electron chi connectivity index (χ0n) is 27.7. The van der Waals surface area contributed by atoms with E-state index < -0.39 is 0 Å². The summed E-state index contributed by atoms with van der Waals surface area (Å²) in [5.74, 6) is 12.7. The third-order valence-corrected chi connectivity index (χ3v) is 10.9. The van der Waals surface area contributed by atoms with Gasteiger partial charge in [-0.05, 0) is 97.5 Å². The number of anilines is 4. The number of benzene rings is 4. The highest BCUT2D eigenvalue weighted by Gasteiger charge is 2.25. The van der Waals surface area contributed by atoms with Crippen LogP contribution in [0, 0.1) is 23.7 Å². The van der Waals surface area contributed by atoms with Gasteiger partial charge in [0.1, 0.15) is 12.6 Å². The lowest BCUT2D eigenvalue weighted by Gasteiger charge is -2.33. The van der Waals surface area contributed by atoms with E-state index >= 15 is 0 Å². The molecule has 0 N–H and O–H groups in total. The minimum Gasteiger partial charge on any atom is -0.340 e. The first-order valence-corrected chi connectivity index (χ1v) is 18.6. The van der Waals surface area contributed by atoms with Crippen LogP contribution in [0.15, 0.2) is 92.4 Å². The molecule has 0 bridgehead atoms. The summed E-state index contributed by atoms with van der Waals surface area (Å²) in [6.45, 7) is 6.35. The Hall–Kier alpha value is -4.36. The van der Waals surface area contributed by atoms with E-state index in [-0.39, 0.29) is 0 Å². The van der Waals surface area contributed by atoms with Gasteiger partial charge >= 0.3 is 0 Å². The van der Waals surface area contributed by atoms with Crippen molar-refractivity contribution in [1.29, 1.82) is 0 Å². The Bertz CT molecular complexity index is 1800. The quantitative estimate of drug-likeness (QED) is 0.0850. The van der Waals surface area contributed by atoms with Crippen molar-refractivity contribution in [2.24, 2.45) is 0 Å². The number of hydrogen-bond donors (Lipinski definition) is 0. The van der Waals surface area contributed by atoms with Gasteiger partial charge in [0, 0.05) is 54.9 Å². The Kier molecular flexibility index (Phi) is 11.3. The largest absolute Gasteiger partial charge is 0.340 e. The average Bonchev–Trinajstić information content (AvgIpc) is 3.12. The van der Waals surface area contributed by atoms with Crippen molar-refractivity contribution in [2.75, 3.05) is 22.9 Å². The Morgan fingerprint density at radius 2 is 0.917 bits per heavy atom. The highest BCUT2D eigenvalue weighted by Crippen LogP contribution is 2.50. The zero-order chi connectivity index (χ0) is 33.3. The second-order valence-electron chi connectivity index (χ2n) is 12.2. The minimum atomic E-state index is 0.692. The third-order valence-electron chi connectivity index (χ3n) is 8.71. The SMILES string of the molecule is CCCCCCN1c2ccc(C#CC#Cc3ccc4c(c3)Sc3cc(C=O)ccc3N4CCCCCC)cc2Sc2cc(C=O)ccc21. The van der Waals surface area contributed by atoms with Crippen molar-refractivity contribution >= 4 is 58.8 Å². The van der Waals surface area contributed by atoms with Gasteiger partial charge in [-0.3, -0.25) is 9.59 Å². The summed E-state index contributed by atoms with van der Waals surface area (Å²) >= 11 is 3.39. The lowest BCUT2D eigenvalue weighted by atomic mass is 10.1. The number of rotatable bonds is 12. The van der Waals surface area contributed by atoms with E-state index in [0.717, 1.165) is 80.6 Å². The summed E-state index contributed by atoms with van der Waals surface area (Å²) in [6, 6.07) is 24.7. The molecule has 6 heteroatoms. The molecule has 0 unspecified atom stereocenters. The number of unbranched alkanes of at least 4 members (excludes halogenated alkanes) is 6. The summed E-state index contributed by atoms with van der Waals surface area (Å²) in [5, 5.41) is 0. The second kappa shape index (κ2) is 16.2. The van der Waals surface area contributed by atoms with Crippen molar-refractivity contribution in [1.82, 2.24) is 0 Å². The van der Waals surface area contributed by atoms with E-state index in [1.165, 1.54) is 49.9 Å². The van der Waals surface area contributed by atoms with E-state index in [2.05, 4.69) is 95.9 Å². The molecule has 4 aromatic rings. The molecule has 2 heterocycles. The van der Waals surface area contributed by atoms with E-state index in [1.807, 2.05) is 24.3 Å². The van der Waals surface area contributed by atoms with Gasteiger partial charge < -0.3 is 9.80 Å². The summed E-state index contributed by atoms with van der Waals surface area (Å²) in [4.78, 5) is 32.3. The van der Waals surface area contributed by atoms with Crippen LogP contribution in [-0.4, -0.2) is 25.7 Å². The van der Waals surface area contributed by atoms with Crippen LogP contribution in [0.5, 0.6) is 0 Å². The van der Waals surface area contributed by atoms with Crippen molar-refractivity contribution in [3.05, 3.63) is 95.1 Å². The molecule has 0 aliphatic carbocycles. The molecule has 0 aromatic heterocycles. The van der Waals surface area contributed by atoms with Crippen molar-refractivity contribution < 1.29 is 9.59 Å². The number of nitrogens with zero attached hydrogens (tertiary/aromatic N) is 2. The molecule has 0 saturated heterocycles. The molecule has 0 saturated carbocycles. The fourth-order valence-electron chi connectivity index (χ4n) is 6.19. The number of aldehydes is 2. The van der Waals surface area contributed by atoms with Gasteiger partial charge in [0.05, 0.1) is 22.7 Å². The molecule has 6 rings (SSSR count). The number of carbonyl (C=O) groups is 2. The van der Waals surface area contributed by atoms with Gasteiger partial charge in [0.2, 0.25) is 0 Å². The lowest BCUT2D eigenvalue weighted by molar-refractivity contribution is 0.111. The van der Waals surface area contributed by atoms with E-state index in [0.29, 0.717) is 11.1 Å². The van der Waals surface area contributed by atoms with Gasteiger partial charge in [-0.25, -0.2) is 0 Å². The fourth-order valence-corrected chi connectivity index (χ4v) is 8.56. The topological polar surface area (TPSA) is 40.6 Å². The first-order chi connectivity index (χ1) is 23.6. The second-order valence-corrected chi connectivity index (χ2v) is 14.4. The predicted molar refractivity (Wildman–Crippen MR) is 201 cm³/mol. The highest BCUT2D eigenvalue weighted by molar-refractivity contribution is 8.00. The number of fused-ring (bicyclic) bond motifs is 4.